The van der Waals surface area contributed by atoms with Crippen LogP contribution in [0.5, 0.6) is 0 Å². The Labute approximate surface area is 140 Å². The highest BCUT2D eigenvalue weighted by Gasteiger charge is 2.32. The fourth-order valence-electron chi connectivity index (χ4n) is 1.76. The van der Waals surface area contributed by atoms with E-state index in [1.807, 2.05) is 0 Å². The molecule has 1 aromatic heterocycles. The van der Waals surface area contributed by atoms with Gasteiger partial charge in [-0.25, -0.2) is 0 Å². The Morgan fingerprint density at radius 3 is 2.70 bits per heavy atom. The lowest BCUT2D eigenvalue weighted by atomic mass is 10.3. The molecule has 2 heterocycles. The summed E-state index contributed by atoms with van der Waals surface area (Å²) in [6, 6.07) is 2.36. The lowest BCUT2D eigenvalue weighted by Crippen LogP contribution is -2.29. The number of amides is 1. The van der Waals surface area contributed by atoms with Crippen molar-refractivity contribution >= 4 is 56.4 Å². The number of carbonyl (C=O) groups excluding carboxylic acids is 1. The number of thiocarbonyl (C=S) groups is 1. The molecule has 1 amide bonds. The molecule has 0 radical (unpaired) electrons. The van der Waals surface area contributed by atoms with E-state index in [4.69, 9.17) is 26.3 Å². The lowest BCUT2D eigenvalue weighted by molar-refractivity contribution is -0.137. The topological polar surface area (TPSA) is 125 Å². The van der Waals surface area contributed by atoms with Crippen molar-refractivity contribution in [2.45, 2.75) is 17.9 Å². The third-order valence-corrected chi connectivity index (χ3v) is 4.88. The molecule has 1 aliphatic rings. The molecular formula is C12H11NO7S3. The Balaban J connectivity index is 2.12. The quantitative estimate of drug-likeness (QED) is 0.432. The minimum absolute atomic E-state index is 0.0728. The summed E-state index contributed by atoms with van der Waals surface area (Å²) < 4.78 is 35.9. The van der Waals surface area contributed by atoms with E-state index in [1.165, 1.54) is 17.0 Å². The number of aliphatic carboxylic acids is 1. The first-order valence-electron chi connectivity index (χ1n) is 6.23. The van der Waals surface area contributed by atoms with Crippen molar-refractivity contribution in [3.05, 3.63) is 22.8 Å². The molecule has 2 N–H and O–H groups in total. The summed E-state index contributed by atoms with van der Waals surface area (Å²) in [6.07, 6.45) is 1.50. The number of hydrogen-bond acceptors (Lipinski definition) is 7. The number of carbonyl (C=O) groups is 2. The van der Waals surface area contributed by atoms with E-state index in [0.29, 0.717) is 0 Å². The van der Waals surface area contributed by atoms with Gasteiger partial charge in [0.2, 0.25) is 5.09 Å². The summed E-state index contributed by atoms with van der Waals surface area (Å²) in [6.45, 7) is 0.183. The number of carboxylic acid groups (broad SMARTS) is 1. The molecule has 8 nitrogen and oxygen atoms in total. The van der Waals surface area contributed by atoms with Crippen molar-refractivity contribution in [2.75, 3.05) is 6.54 Å². The van der Waals surface area contributed by atoms with Gasteiger partial charge in [-0.3, -0.25) is 19.0 Å². The molecule has 1 aliphatic heterocycles. The second-order valence-electron chi connectivity index (χ2n) is 4.46. The molecule has 0 saturated carbocycles. The van der Waals surface area contributed by atoms with Gasteiger partial charge < -0.3 is 9.52 Å². The Morgan fingerprint density at radius 2 is 2.13 bits per heavy atom. The Morgan fingerprint density at radius 1 is 1.43 bits per heavy atom. The van der Waals surface area contributed by atoms with Crippen LogP contribution in [0.15, 0.2) is 26.5 Å². The standard InChI is InChI=1S/C12H11NO7S3/c14-9(15)2-1-5-13-11(16)8(22-12(13)21)6-7-3-4-10(20-7)23(17,18)19/h3-4,6H,1-2,5H2,(H,14,15)(H,17,18,19). The van der Waals surface area contributed by atoms with Crippen LogP contribution in [-0.4, -0.2) is 45.7 Å². The average molecular weight is 377 g/mol. The zero-order valence-corrected chi connectivity index (χ0v) is 13.9. The Hall–Kier alpha value is -1.69. The molecular weight excluding hydrogens is 366 g/mol. The van der Waals surface area contributed by atoms with E-state index in [2.05, 4.69) is 0 Å². The smallest absolute Gasteiger partial charge is 0.328 e. The van der Waals surface area contributed by atoms with Crippen LogP contribution in [-0.2, 0) is 19.7 Å². The van der Waals surface area contributed by atoms with Gasteiger partial charge in [0, 0.05) is 19.0 Å². The van der Waals surface area contributed by atoms with Crippen molar-refractivity contribution in [1.82, 2.24) is 4.90 Å². The molecule has 1 saturated heterocycles. The number of nitrogens with zero attached hydrogens (tertiary/aromatic N) is 1. The minimum Gasteiger partial charge on any atom is -0.481 e. The largest absolute Gasteiger partial charge is 0.481 e. The van der Waals surface area contributed by atoms with Gasteiger partial charge in [-0.15, -0.1) is 0 Å². The van der Waals surface area contributed by atoms with Gasteiger partial charge in [-0.1, -0.05) is 24.0 Å². The van der Waals surface area contributed by atoms with Crippen LogP contribution in [0.3, 0.4) is 0 Å². The predicted molar refractivity (Wildman–Crippen MR) is 85.3 cm³/mol. The maximum Gasteiger partial charge on any atom is 0.328 e. The monoisotopic (exact) mass is 377 g/mol. The first-order valence-corrected chi connectivity index (χ1v) is 8.89. The van der Waals surface area contributed by atoms with Gasteiger partial charge >= 0.3 is 16.1 Å². The third kappa shape index (κ3) is 4.41. The molecule has 0 bridgehead atoms. The maximum absolute atomic E-state index is 12.2. The number of thioether (sulfide) groups is 1. The molecule has 11 heteroatoms. The number of furan rings is 1. The van der Waals surface area contributed by atoms with Crippen LogP contribution in [0.4, 0.5) is 0 Å². The maximum atomic E-state index is 12.2. The second kappa shape index (κ2) is 6.83. The highest BCUT2D eigenvalue weighted by atomic mass is 32.2. The van der Waals surface area contributed by atoms with Crippen LogP contribution in [0.2, 0.25) is 0 Å². The minimum atomic E-state index is -4.45. The van der Waals surface area contributed by atoms with Gasteiger partial charge in [0.15, 0.2) is 0 Å². The molecule has 0 aliphatic carbocycles. The Kier molecular flexibility index (Phi) is 5.24. The summed E-state index contributed by atoms with van der Waals surface area (Å²) in [7, 11) is -4.45. The molecule has 2 rings (SSSR count). The fourth-order valence-corrected chi connectivity index (χ4v) is 3.49. The fraction of sp³-hybridized carbons (Fsp3) is 0.250. The predicted octanol–water partition coefficient (Wildman–Crippen LogP) is 1.59. The van der Waals surface area contributed by atoms with Gasteiger partial charge in [-0.05, 0) is 18.6 Å². The van der Waals surface area contributed by atoms with Gasteiger partial charge in [-0.2, -0.15) is 8.42 Å². The molecule has 23 heavy (non-hydrogen) atoms. The average Bonchev–Trinajstić information content (AvgIpc) is 2.99. The van der Waals surface area contributed by atoms with Crippen LogP contribution >= 0.6 is 24.0 Å². The van der Waals surface area contributed by atoms with Crippen molar-refractivity contribution in [3.8, 4) is 0 Å². The van der Waals surface area contributed by atoms with Gasteiger partial charge in [0.05, 0.1) is 4.91 Å². The van der Waals surface area contributed by atoms with Crippen LogP contribution < -0.4 is 0 Å². The normalized spacial score (nSPS) is 17.3. The van der Waals surface area contributed by atoms with E-state index < -0.39 is 27.1 Å². The SMILES string of the molecule is O=C(O)CCCN1C(=O)C(=Cc2ccc(S(=O)(=O)O)o2)SC1=S. The number of carboxylic acids is 1. The molecule has 124 valence electrons. The highest BCUT2D eigenvalue weighted by molar-refractivity contribution is 8.26. The number of hydrogen-bond donors (Lipinski definition) is 2. The van der Waals surface area contributed by atoms with Crippen molar-refractivity contribution < 1.29 is 32.1 Å². The summed E-state index contributed by atoms with van der Waals surface area (Å²) in [5.41, 5.74) is 0. The molecule has 1 aromatic rings. The van der Waals surface area contributed by atoms with Crippen LogP contribution in [0.1, 0.15) is 18.6 Å². The molecule has 0 aromatic carbocycles. The van der Waals surface area contributed by atoms with Crippen molar-refractivity contribution in [2.24, 2.45) is 0 Å². The van der Waals surface area contributed by atoms with Gasteiger partial charge in [0.1, 0.15) is 10.1 Å². The van der Waals surface area contributed by atoms with E-state index in [9.17, 15) is 18.0 Å². The lowest BCUT2D eigenvalue weighted by Gasteiger charge is -2.12. The molecule has 1 fully saturated rings. The van der Waals surface area contributed by atoms with Gasteiger partial charge in [0.25, 0.3) is 5.91 Å². The summed E-state index contributed by atoms with van der Waals surface area (Å²) in [4.78, 5) is 24.2. The zero-order valence-electron chi connectivity index (χ0n) is 11.5. The van der Waals surface area contributed by atoms with Crippen LogP contribution in [0.25, 0.3) is 6.08 Å². The van der Waals surface area contributed by atoms with E-state index in [1.54, 1.807) is 0 Å². The Bertz CT molecular complexity index is 793. The van der Waals surface area contributed by atoms with Crippen molar-refractivity contribution in [3.63, 3.8) is 0 Å². The first-order chi connectivity index (χ1) is 10.7. The summed E-state index contributed by atoms with van der Waals surface area (Å²) in [5, 5.41) is 7.97. The molecule has 0 spiro atoms. The second-order valence-corrected chi connectivity index (χ2v) is 7.49. The van der Waals surface area contributed by atoms with E-state index >= 15 is 0 Å². The molecule has 0 unspecified atom stereocenters. The van der Waals surface area contributed by atoms with Crippen molar-refractivity contribution in [1.29, 1.82) is 0 Å². The summed E-state index contributed by atoms with van der Waals surface area (Å²) >= 11 is 6.07. The zero-order chi connectivity index (χ0) is 17.2. The third-order valence-electron chi connectivity index (χ3n) is 2.78. The van der Waals surface area contributed by atoms with E-state index in [-0.39, 0.29) is 34.4 Å². The molecule has 0 atom stereocenters. The number of rotatable bonds is 6. The first kappa shape index (κ1) is 17.7. The highest BCUT2D eigenvalue weighted by Crippen LogP contribution is 2.33. The van der Waals surface area contributed by atoms with Crippen LogP contribution in [0, 0.1) is 0 Å². The van der Waals surface area contributed by atoms with E-state index in [0.717, 1.165) is 17.8 Å². The summed E-state index contributed by atoms with van der Waals surface area (Å²) in [5.74, 6) is -1.29.